The highest BCUT2D eigenvalue weighted by molar-refractivity contribution is 5.64. The molecule has 0 spiro atoms. The molecule has 4 rings (SSSR count). The van der Waals surface area contributed by atoms with Gasteiger partial charge in [-0.3, -0.25) is 0 Å². The number of hydrogen-bond donors (Lipinski definition) is 0. The van der Waals surface area contributed by atoms with Gasteiger partial charge in [0.25, 0.3) is 0 Å². The molecule has 0 aromatic heterocycles. The fourth-order valence-electron chi connectivity index (χ4n) is 5.07. The maximum absolute atomic E-state index is 14.8. The molecule has 1 fully saturated rings. The van der Waals surface area contributed by atoms with E-state index in [1.54, 1.807) is 0 Å². The maximum atomic E-state index is 14.8. The van der Waals surface area contributed by atoms with Crippen LogP contribution in [0, 0.1) is 29.3 Å². The van der Waals surface area contributed by atoms with Crippen molar-refractivity contribution in [3.05, 3.63) is 83.7 Å². The van der Waals surface area contributed by atoms with Gasteiger partial charge in [0, 0.05) is 0 Å². The molecule has 3 aromatic carbocycles. The topological polar surface area (TPSA) is 18.5 Å². The number of unbranched alkanes of at least 4 members (excludes halogenated alkanes) is 2. The van der Waals surface area contributed by atoms with Crippen molar-refractivity contribution < 1.29 is 40.2 Å². The van der Waals surface area contributed by atoms with Crippen molar-refractivity contribution >= 4 is 0 Å². The van der Waals surface area contributed by atoms with Gasteiger partial charge in [-0.15, -0.1) is 0 Å². The van der Waals surface area contributed by atoms with Gasteiger partial charge in [0.1, 0.15) is 11.5 Å². The van der Waals surface area contributed by atoms with Crippen molar-refractivity contribution in [3.8, 4) is 22.6 Å². The van der Waals surface area contributed by atoms with Crippen molar-refractivity contribution in [2.24, 2.45) is 11.8 Å². The van der Waals surface area contributed by atoms with E-state index >= 15 is 0 Å². The van der Waals surface area contributed by atoms with Crippen molar-refractivity contribution in [3.63, 3.8) is 0 Å². The zero-order valence-corrected chi connectivity index (χ0v) is 22.0. The van der Waals surface area contributed by atoms with E-state index in [0.29, 0.717) is 18.8 Å². The second kappa shape index (κ2) is 12.5. The highest BCUT2D eigenvalue weighted by Gasteiger charge is 2.44. The Hall–Kier alpha value is -3.23. The Morgan fingerprint density at radius 2 is 1.25 bits per heavy atom. The molecule has 3 aromatic rings. The number of hydrogen-bond acceptors (Lipinski definition) is 2. The molecule has 0 saturated heterocycles. The minimum atomic E-state index is -3.81. The zero-order chi connectivity index (χ0) is 28.9. The van der Waals surface area contributed by atoms with Crippen LogP contribution in [-0.4, -0.2) is 6.11 Å². The Morgan fingerprint density at radius 3 is 1.82 bits per heavy atom. The van der Waals surface area contributed by atoms with E-state index in [2.05, 4.69) is 6.92 Å². The SMILES string of the molecule is CCCCCC1CCC(C(F)(F)Oc2ccc(C(F)(F)Oc3ccc(-c4cc(F)c(F)c(F)c4)cc3)cc2)CC1. The first-order valence-electron chi connectivity index (χ1n) is 13.5. The van der Waals surface area contributed by atoms with Gasteiger partial charge in [-0.05, 0) is 91.3 Å². The van der Waals surface area contributed by atoms with Gasteiger partial charge in [0.15, 0.2) is 17.5 Å². The summed E-state index contributed by atoms with van der Waals surface area (Å²) in [5, 5.41) is 0. The van der Waals surface area contributed by atoms with E-state index in [-0.39, 0.29) is 22.6 Å². The Balaban J connectivity index is 1.35. The highest BCUT2D eigenvalue weighted by atomic mass is 19.3. The molecule has 0 aliphatic heterocycles. The predicted octanol–water partition coefficient (Wildman–Crippen LogP) is 10.3. The van der Waals surface area contributed by atoms with Crippen LogP contribution in [0.25, 0.3) is 11.1 Å². The Morgan fingerprint density at radius 1 is 0.700 bits per heavy atom. The van der Waals surface area contributed by atoms with Crippen LogP contribution in [-0.2, 0) is 6.11 Å². The fourth-order valence-corrected chi connectivity index (χ4v) is 5.07. The van der Waals surface area contributed by atoms with E-state index in [4.69, 9.17) is 9.47 Å². The first kappa shape index (κ1) is 29.7. The van der Waals surface area contributed by atoms with Crippen LogP contribution in [0.15, 0.2) is 60.7 Å². The largest absolute Gasteiger partial charge is 0.432 e. The molecule has 0 unspecified atom stereocenters. The average Bonchev–Trinajstić information content (AvgIpc) is 2.92. The summed E-state index contributed by atoms with van der Waals surface area (Å²) in [6, 6.07) is 10.5. The summed E-state index contributed by atoms with van der Waals surface area (Å²) in [5.41, 5.74) is -0.314. The molecule has 2 nitrogen and oxygen atoms in total. The monoisotopic (exact) mass is 568 g/mol. The minimum absolute atomic E-state index is 0.0159. The van der Waals surface area contributed by atoms with Crippen molar-refractivity contribution in [2.75, 3.05) is 0 Å². The molecule has 0 bridgehead atoms. The smallest absolute Gasteiger partial charge is 0.426 e. The van der Waals surface area contributed by atoms with E-state index in [0.717, 1.165) is 74.9 Å². The van der Waals surface area contributed by atoms with Gasteiger partial charge in [-0.1, -0.05) is 44.7 Å². The average molecular weight is 569 g/mol. The molecular weight excluding hydrogens is 537 g/mol. The molecule has 1 saturated carbocycles. The second-order valence-electron chi connectivity index (χ2n) is 10.3. The van der Waals surface area contributed by atoms with Crippen LogP contribution in [0.4, 0.5) is 30.7 Å². The summed E-state index contributed by atoms with van der Waals surface area (Å²) >= 11 is 0. The summed E-state index contributed by atoms with van der Waals surface area (Å²) in [4.78, 5) is 0. The van der Waals surface area contributed by atoms with Crippen LogP contribution in [0.3, 0.4) is 0 Å². The molecule has 216 valence electrons. The Bertz CT molecular complexity index is 1230. The molecular formula is C31H31F7O2. The fraction of sp³-hybridized carbons (Fsp3) is 0.419. The van der Waals surface area contributed by atoms with Crippen molar-refractivity contribution in [2.45, 2.75) is 70.5 Å². The van der Waals surface area contributed by atoms with E-state index in [1.807, 2.05) is 0 Å². The van der Waals surface area contributed by atoms with Crippen molar-refractivity contribution in [1.82, 2.24) is 0 Å². The molecule has 0 heterocycles. The molecule has 1 aliphatic carbocycles. The first-order chi connectivity index (χ1) is 19.0. The lowest BCUT2D eigenvalue weighted by Gasteiger charge is -2.33. The molecule has 40 heavy (non-hydrogen) atoms. The van der Waals surface area contributed by atoms with E-state index in [9.17, 15) is 30.7 Å². The van der Waals surface area contributed by atoms with Crippen LogP contribution in [0.1, 0.15) is 63.9 Å². The molecule has 9 heteroatoms. The Kier molecular flexibility index (Phi) is 9.31. The van der Waals surface area contributed by atoms with Gasteiger partial charge in [-0.25, -0.2) is 13.2 Å². The van der Waals surface area contributed by atoms with E-state index in [1.165, 1.54) is 24.3 Å². The van der Waals surface area contributed by atoms with Crippen LogP contribution in [0.5, 0.6) is 11.5 Å². The summed E-state index contributed by atoms with van der Waals surface area (Å²) in [6.45, 7) is 2.13. The van der Waals surface area contributed by atoms with Crippen LogP contribution >= 0.6 is 0 Å². The maximum Gasteiger partial charge on any atom is 0.426 e. The molecule has 0 N–H and O–H groups in total. The lowest BCUT2D eigenvalue weighted by molar-refractivity contribution is -0.223. The zero-order valence-electron chi connectivity index (χ0n) is 22.0. The number of halogens is 7. The van der Waals surface area contributed by atoms with Gasteiger partial charge in [0.05, 0.1) is 11.5 Å². The second-order valence-corrected chi connectivity index (χ2v) is 10.3. The predicted molar refractivity (Wildman–Crippen MR) is 138 cm³/mol. The lowest BCUT2D eigenvalue weighted by atomic mass is 9.79. The molecule has 0 atom stereocenters. The normalized spacial score (nSPS) is 18.0. The summed E-state index contributed by atoms with van der Waals surface area (Å²) in [7, 11) is 0. The minimum Gasteiger partial charge on any atom is -0.432 e. The van der Waals surface area contributed by atoms with E-state index < -0.39 is 41.2 Å². The molecule has 1 aliphatic rings. The van der Waals surface area contributed by atoms with Gasteiger partial charge in [0.2, 0.25) is 0 Å². The standard InChI is InChI=1S/C31H31F7O2/c1-2-3-4-5-20-6-10-23(11-7-20)30(35,36)40-26-16-12-24(13-17-26)31(37,38)39-25-14-8-21(9-15-25)22-18-27(32)29(34)28(33)19-22/h8-9,12-20,23H,2-7,10-11H2,1H3. The quantitative estimate of drug-likeness (QED) is 0.130. The summed E-state index contributed by atoms with van der Waals surface area (Å²) < 4.78 is 109. The first-order valence-corrected chi connectivity index (χ1v) is 13.5. The van der Waals surface area contributed by atoms with Gasteiger partial charge >= 0.3 is 12.2 Å². The lowest BCUT2D eigenvalue weighted by Crippen LogP contribution is -2.37. The summed E-state index contributed by atoms with van der Waals surface area (Å²) in [6.07, 6.45) is -0.603. The molecule has 0 amide bonds. The summed E-state index contributed by atoms with van der Waals surface area (Å²) in [5.74, 6) is -5.31. The van der Waals surface area contributed by atoms with Crippen LogP contribution < -0.4 is 9.47 Å². The third kappa shape index (κ3) is 7.29. The Labute approximate surface area is 229 Å². The number of alkyl halides is 4. The third-order valence-electron chi connectivity index (χ3n) is 7.40. The highest BCUT2D eigenvalue weighted by Crippen LogP contribution is 2.42. The van der Waals surface area contributed by atoms with Gasteiger partial charge in [-0.2, -0.15) is 17.6 Å². The third-order valence-corrected chi connectivity index (χ3v) is 7.40. The van der Waals surface area contributed by atoms with Gasteiger partial charge < -0.3 is 9.47 Å². The molecule has 0 radical (unpaired) electrons. The number of benzene rings is 3. The van der Waals surface area contributed by atoms with Crippen LogP contribution in [0.2, 0.25) is 0 Å². The van der Waals surface area contributed by atoms with Crippen molar-refractivity contribution in [1.29, 1.82) is 0 Å². The number of rotatable bonds is 11. The number of ether oxygens (including phenoxy) is 2.